The molecule has 2 amide bonds. The molecule has 0 saturated carbocycles. The first-order valence-corrected chi connectivity index (χ1v) is 18.5. The molecule has 0 saturated heterocycles. The fourth-order valence-electron chi connectivity index (χ4n) is 5.31. The van der Waals surface area contributed by atoms with Gasteiger partial charge in [0.05, 0.1) is 13.2 Å². The van der Waals surface area contributed by atoms with Crippen LogP contribution in [0.3, 0.4) is 0 Å². The number of fused-ring (bicyclic) bond motifs is 2. The van der Waals surface area contributed by atoms with Crippen LogP contribution in [0.25, 0.3) is 20.2 Å². The zero-order valence-corrected chi connectivity index (χ0v) is 31.7. The number of thiophene rings is 2. The number of hydrogen-bond donors (Lipinski definition) is 2. The molecule has 6 aromatic rings. The number of nitrogens with two attached hydrogens (primary N) is 2. The molecule has 0 radical (unpaired) electrons. The average Bonchev–Trinajstić information content (AvgIpc) is 3.71. The fraction of sp³-hybridized carbons (Fsp3) is 0.179. The number of hydrogen-bond acceptors (Lipinski definition) is 10. The Morgan fingerprint density at radius 1 is 0.615 bits per heavy atom. The highest BCUT2D eigenvalue weighted by Crippen LogP contribution is 2.38. The van der Waals surface area contributed by atoms with E-state index >= 15 is 0 Å². The van der Waals surface area contributed by atoms with Gasteiger partial charge in [-0.15, -0.1) is 22.7 Å². The van der Waals surface area contributed by atoms with E-state index in [1.165, 1.54) is 22.7 Å². The quantitative estimate of drug-likeness (QED) is 0.117. The molecule has 0 spiro atoms. The summed E-state index contributed by atoms with van der Waals surface area (Å²) >= 11 is 6.34. The van der Waals surface area contributed by atoms with Crippen LogP contribution >= 0.6 is 38.6 Å². The molecule has 6 rings (SSSR count). The Kier molecular flexibility index (Phi) is 12.7. The van der Waals surface area contributed by atoms with Crippen molar-refractivity contribution in [3.63, 3.8) is 0 Å². The number of benzene rings is 4. The molecular formula is C39H35BrN2O8S2. The number of carbonyl (C=O) groups is 4. The molecule has 4 aromatic carbocycles. The highest BCUT2D eigenvalue weighted by atomic mass is 79.9. The van der Waals surface area contributed by atoms with Gasteiger partial charge in [0.15, 0.2) is 0 Å². The van der Waals surface area contributed by atoms with Crippen LogP contribution in [0, 0.1) is 6.92 Å². The summed E-state index contributed by atoms with van der Waals surface area (Å²) in [5.41, 5.74) is 14.0. The van der Waals surface area contributed by atoms with Crippen molar-refractivity contribution in [3.05, 3.63) is 127 Å². The van der Waals surface area contributed by atoms with Gasteiger partial charge in [0.25, 0.3) is 0 Å². The third kappa shape index (κ3) is 8.79. The van der Waals surface area contributed by atoms with Crippen molar-refractivity contribution in [1.82, 2.24) is 0 Å². The highest BCUT2D eigenvalue weighted by molar-refractivity contribution is 9.10. The molecule has 0 fully saturated rings. The van der Waals surface area contributed by atoms with Crippen molar-refractivity contribution in [2.24, 2.45) is 11.5 Å². The Morgan fingerprint density at radius 3 is 1.48 bits per heavy atom. The van der Waals surface area contributed by atoms with E-state index in [0.717, 1.165) is 41.3 Å². The van der Waals surface area contributed by atoms with E-state index in [-0.39, 0.29) is 25.2 Å². The highest BCUT2D eigenvalue weighted by Gasteiger charge is 2.23. The number of rotatable bonds is 12. The van der Waals surface area contributed by atoms with E-state index in [2.05, 4.69) is 15.9 Å². The van der Waals surface area contributed by atoms with Crippen molar-refractivity contribution in [1.29, 1.82) is 0 Å². The zero-order chi connectivity index (χ0) is 37.4. The summed E-state index contributed by atoms with van der Waals surface area (Å²) in [5, 5.41) is 1.96. The number of aryl methyl sites for hydroxylation is 1. The van der Waals surface area contributed by atoms with Gasteiger partial charge in [-0.1, -0.05) is 34.1 Å². The van der Waals surface area contributed by atoms with Gasteiger partial charge < -0.3 is 30.4 Å². The van der Waals surface area contributed by atoms with Crippen LogP contribution in [0.5, 0.6) is 11.5 Å². The largest absolute Gasteiger partial charge is 0.489 e. The second-order valence-corrected chi connectivity index (χ2v) is 14.1. The maximum atomic E-state index is 12.4. The average molecular weight is 804 g/mol. The van der Waals surface area contributed by atoms with Crippen molar-refractivity contribution in [2.45, 2.75) is 34.0 Å². The first-order chi connectivity index (χ1) is 25.0. The summed E-state index contributed by atoms with van der Waals surface area (Å²) in [6.07, 6.45) is 0. The molecule has 0 bridgehead atoms. The SMILES string of the molecule is CCOC(=O)c1sc2cccc(Br)c2c1COc1ccc(C(N)=O)cc1.CCOC(=O)c1sc2cccc(C)c2c1COc1ccc(C(N)=O)cc1. The van der Waals surface area contributed by atoms with Crippen LogP contribution in [0.2, 0.25) is 0 Å². The van der Waals surface area contributed by atoms with Crippen molar-refractivity contribution in [3.8, 4) is 11.5 Å². The molecule has 268 valence electrons. The van der Waals surface area contributed by atoms with Gasteiger partial charge in [0, 0.05) is 46.9 Å². The lowest BCUT2D eigenvalue weighted by atomic mass is 10.1. The minimum atomic E-state index is -0.492. The summed E-state index contributed by atoms with van der Waals surface area (Å²) < 4.78 is 25.0. The summed E-state index contributed by atoms with van der Waals surface area (Å²) in [7, 11) is 0. The minimum Gasteiger partial charge on any atom is -0.489 e. The minimum absolute atomic E-state index is 0.201. The Bertz CT molecular complexity index is 2090. The van der Waals surface area contributed by atoms with Gasteiger partial charge >= 0.3 is 11.9 Å². The van der Waals surface area contributed by atoms with Crippen molar-refractivity contribution < 1.29 is 38.1 Å². The molecule has 0 aliphatic rings. The predicted octanol–water partition coefficient (Wildman–Crippen LogP) is 8.58. The molecule has 52 heavy (non-hydrogen) atoms. The number of esters is 2. The number of amides is 2. The van der Waals surface area contributed by atoms with Gasteiger partial charge in [-0.05, 0) is 93.1 Å². The summed E-state index contributed by atoms with van der Waals surface area (Å²) in [4.78, 5) is 48.1. The van der Waals surface area contributed by atoms with Gasteiger partial charge in [0.2, 0.25) is 11.8 Å². The molecule has 0 atom stereocenters. The number of carbonyl (C=O) groups excluding carboxylic acids is 4. The first kappa shape index (κ1) is 38.0. The number of primary amides is 2. The number of halogens is 1. The standard InChI is InChI=1S/C20H19NO4S.C19H16BrNO4S/c1-3-24-20(23)18-15(17-12(2)5-4-6-16(17)26-18)11-25-14-9-7-13(8-10-14)19(21)22;1-2-24-19(23)17-13(16-14(20)4-3-5-15(16)26-17)10-25-12-8-6-11(7-9-12)18(21)22/h4-10H,3,11H2,1-2H3,(H2,21,22);3-9H,2,10H2,1H3,(H2,21,22). The molecule has 10 nitrogen and oxygen atoms in total. The molecule has 4 N–H and O–H groups in total. The Balaban J connectivity index is 0.000000201. The molecule has 2 aromatic heterocycles. The lowest BCUT2D eigenvalue weighted by Crippen LogP contribution is -2.10. The van der Waals surface area contributed by atoms with E-state index in [9.17, 15) is 19.2 Å². The van der Waals surface area contributed by atoms with Crippen molar-refractivity contribution >= 4 is 82.5 Å². The van der Waals surface area contributed by atoms with Gasteiger partial charge in [-0.25, -0.2) is 9.59 Å². The van der Waals surface area contributed by atoms with E-state index in [1.807, 2.05) is 43.3 Å². The van der Waals surface area contributed by atoms with Crippen LogP contribution in [0.4, 0.5) is 0 Å². The summed E-state index contributed by atoms with van der Waals surface area (Å²) in [6.45, 7) is 6.63. The molecule has 13 heteroatoms. The fourth-order valence-corrected chi connectivity index (χ4v) is 8.35. The molecule has 0 aliphatic carbocycles. The van der Waals surface area contributed by atoms with Crippen molar-refractivity contribution in [2.75, 3.05) is 13.2 Å². The van der Waals surface area contributed by atoms with Gasteiger partial charge in [-0.3, -0.25) is 9.59 Å². The van der Waals surface area contributed by atoms with Gasteiger partial charge in [-0.2, -0.15) is 0 Å². The number of ether oxygens (including phenoxy) is 4. The molecule has 2 heterocycles. The monoisotopic (exact) mass is 802 g/mol. The lowest BCUT2D eigenvalue weighted by Gasteiger charge is -2.09. The van der Waals surface area contributed by atoms with E-state index < -0.39 is 11.8 Å². The van der Waals surface area contributed by atoms with Crippen LogP contribution < -0.4 is 20.9 Å². The van der Waals surface area contributed by atoms with E-state index in [1.54, 1.807) is 62.4 Å². The lowest BCUT2D eigenvalue weighted by molar-refractivity contribution is 0.0520. The topological polar surface area (TPSA) is 157 Å². The first-order valence-electron chi connectivity index (χ1n) is 16.1. The normalized spacial score (nSPS) is 10.7. The van der Waals surface area contributed by atoms with E-state index in [0.29, 0.717) is 45.6 Å². The van der Waals surface area contributed by atoms with Gasteiger partial charge in [0.1, 0.15) is 34.5 Å². The smallest absolute Gasteiger partial charge is 0.348 e. The third-order valence-corrected chi connectivity index (χ3v) is 10.8. The van der Waals surface area contributed by atoms with Crippen LogP contribution in [0.15, 0.2) is 89.4 Å². The Hall–Kier alpha value is -5.24. The third-order valence-electron chi connectivity index (χ3n) is 7.75. The second-order valence-electron chi connectivity index (χ2n) is 11.2. The molecule has 0 unspecified atom stereocenters. The maximum Gasteiger partial charge on any atom is 0.348 e. The Labute approximate surface area is 316 Å². The summed E-state index contributed by atoms with van der Waals surface area (Å²) in [5.74, 6) is -0.498. The summed E-state index contributed by atoms with van der Waals surface area (Å²) in [6, 6.07) is 24.9. The predicted molar refractivity (Wildman–Crippen MR) is 207 cm³/mol. The Morgan fingerprint density at radius 2 is 1.04 bits per heavy atom. The molecule has 0 aliphatic heterocycles. The second kappa shape index (κ2) is 17.3. The zero-order valence-electron chi connectivity index (χ0n) is 28.5. The maximum absolute atomic E-state index is 12.4. The van der Waals surface area contributed by atoms with E-state index in [4.69, 9.17) is 30.4 Å². The molecular weight excluding hydrogens is 768 g/mol. The van der Waals surface area contributed by atoms with Crippen LogP contribution in [0.1, 0.15) is 70.6 Å². The van der Waals surface area contributed by atoms with Crippen LogP contribution in [-0.2, 0) is 22.7 Å². The van der Waals surface area contributed by atoms with Crippen LogP contribution in [-0.4, -0.2) is 37.0 Å².